The van der Waals surface area contributed by atoms with Gasteiger partial charge >= 0.3 is 0 Å². The summed E-state index contributed by atoms with van der Waals surface area (Å²) >= 11 is 0. The Bertz CT molecular complexity index is 343. The first kappa shape index (κ1) is 10.4. The number of rotatable bonds is 4. The highest BCUT2D eigenvalue weighted by Gasteiger charge is 2.04. The number of aromatic nitrogens is 1. The predicted molar refractivity (Wildman–Crippen MR) is 46.5 cm³/mol. The van der Waals surface area contributed by atoms with Crippen LogP contribution in [-0.4, -0.2) is 17.4 Å². The van der Waals surface area contributed by atoms with Crippen LogP contribution in [0.2, 0.25) is 0 Å². The van der Waals surface area contributed by atoms with Gasteiger partial charge in [0.2, 0.25) is 5.91 Å². The lowest BCUT2D eigenvalue weighted by atomic mass is 10.4. The molecule has 0 saturated heterocycles. The lowest BCUT2D eigenvalue weighted by Crippen LogP contribution is -2.16. The zero-order valence-corrected chi connectivity index (χ0v) is 7.26. The van der Waals surface area contributed by atoms with Gasteiger partial charge in [0, 0.05) is 19.0 Å². The van der Waals surface area contributed by atoms with Gasteiger partial charge in [0.25, 0.3) is 0 Å². The molecule has 1 aromatic rings. The molecule has 4 nitrogen and oxygen atoms in total. The summed E-state index contributed by atoms with van der Waals surface area (Å²) in [7, 11) is 0. The highest BCUT2D eigenvalue weighted by atomic mass is 19.1. The van der Waals surface area contributed by atoms with E-state index in [4.69, 9.17) is 5.73 Å². The molecular weight excluding hydrogens is 192 g/mol. The summed E-state index contributed by atoms with van der Waals surface area (Å²) in [5, 5.41) is 2.52. The van der Waals surface area contributed by atoms with Gasteiger partial charge in [-0.25, -0.2) is 13.8 Å². The fourth-order valence-corrected chi connectivity index (χ4v) is 0.849. The van der Waals surface area contributed by atoms with Crippen LogP contribution < -0.4 is 11.1 Å². The molecule has 1 amide bonds. The first-order valence-corrected chi connectivity index (χ1v) is 3.93. The second-order valence-electron chi connectivity index (χ2n) is 2.63. The number of hydrogen-bond acceptors (Lipinski definition) is 3. The van der Waals surface area contributed by atoms with Gasteiger partial charge in [0.1, 0.15) is 5.82 Å². The van der Waals surface area contributed by atoms with Crippen molar-refractivity contribution >= 4 is 11.7 Å². The van der Waals surface area contributed by atoms with Crippen LogP contribution >= 0.6 is 0 Å². The third-order valence-electron chi connectivity index (χ3n) is 1.47. The first-order valence-electron chi connectivity index (χ1n) is 3.93. The molecule has 0 fully saturated rings. The Balaban J connectivity index is 2.55. The van der Waals surface area contributed by atoms with Gasteiger partial charge in [-0.15, -0.1) is 0 Å². The van der Waals surface area contributed by atoms with E-state index in [0.29, 0.717) is 6.07 Å². The van der Waals surface area contributed by atoms with Crippen molar-refractivity contribution in [3.05, 3.63) is 23.9 Å². The number of carbonyl (C=O) groups excluding carboxylic acids is 1. The lowest BCUT2D eigenvalue weighted by molar-refractivity contribution is -0.117. The Hall–Kier alpha value is -1.72. The Morgan fingerprint density at radius 1 is 1.57 bits per heavy atom. The number of nitrogens with zero attached hydrogens (tertiary/aromatic N) is 1. The third-order valence-corrected chi connectivity index (χ3v) is 1.47. The van der Waals surface area contributed by atoms with Crippen LogP contribution in [0.15, 0.2) is 12.3 Å². The van der Waals surface area contributed by atoms with E-state index in [-0.39, 0.29) is 18.8 Å². The average Bonchev–Trinajstić information content (AvgIpc) is 2.08. The molecule has 0 aliphatic rings. The summed E-state index contributed by atoms with van der Waals surface area (Å²) in [4.78, 5) is 13.8. The lowest BCUT2D eigenvalue weighted by Gasteiger charge is -2.04. The number of hydrogen-bond donors (Lipinski definition) is 2. The molecule has 0 aromatic carbocycles. The van der Waals surface area contributed by atoms with E-state index in [2.05, 4.69) is 10.3 Å². The second kappa shape index (κ2) is 4.50. The van der Waals surface area contributed by atoms with Crippen LogP contribution in [0.5, 0.6) is 0 Å². The number of nitrogens with one attached hydrogen (secondary N) is 1. The fraction of sp³-hybridized carbons (Fsp3) is 0.250. The van der Waals surface area contributed by atoms with Gasteiger partial charge in [-0.1, -0.05) is 0 Å². The van der Waals surface area contributed by atoms with Crippen LogP contribution in [0.4, 0.5) is 14.6 Å². The van der Waals surface area contributed by atoms with Gasteiger partial charge in [-0.05, 0) is 0 Å². The number of carbonyl (C=O) groups is 1. The van der Waals surface area contributed by atoms with Crippen LogP contribution in [0.25, 0.3) is 0 Å². The van der Waals surface area contributed by atoms with Gasteiger partial charge in [-0.2, -0.15) is 0 Å². The summed E-state index contributed by atoms with van der Waals surface area (Å²) in [6, 6.07) is 0.708. The molecule has 76 valence electrons. The number of pyridine rings is 1. The minimum atomic E-state index is -0.797. The second-order valence-corrected chi connectivity index (χ2v) is 2.63. The Morgan fingerprint density at radius 2 is 2.29 bits per heavy atom. The molecule has 1 rings (SSSR count). The maximum atomic E-state index is 12.9. The van der Waals surface area contributed by atoms with Crippen molar-refractivity contribution < 1.29 is 13.6 Å². The van der Waals surface area contributed by atoms with E-state index in [1.54, 1.807) is 0 Å². The number of primary amides is 1. The van der Waals surface area contributed by atoms with Crippen molar-refractivity contribution in [2.45, 2.75) is 6.42 Å². The molecule has 14 heavy (non-hydrogen) atoms. The fourth-order valence-electron chi connectivity index (χ4n) is 0.849. The van der Waals surface area contributed by atoms with Crippen molar-refractivity contribution in [1.29, 1.82) is 0 Å². The molecule has 6 heteroatoms. The van der Waals surface area contributed by atoms with Crippen molar-refractivity contribution in [3.63, 3.8) is 0 Å². The van der Waals surface area contributed by atoms with E-state index < -0.39 is 17.5 Å². The minimum absolute atomic E-state index is 0.0680. The van der Waals surface area contributed by atoms with Gasteiger partial charge < -0.3 is 11.1 Å². The van der Waals surface area contributed by atoms with E-state index in [0.717, 1.165) is 6.20 Å². The highest BCUT2D eigenvalue weighted by molar-refractivity contribution is 5.74. The van der Waals surface area contributed by atoms with Gasteiger partial charge in [0.05, 0.1) is 6.20 Å². The summed E-state index contributed by atoms with van der Waals surface area (Å²) in [5.74, 6) is -2.13. The van der Waals surface area contributed by atoms with Crippen molar-refractivity contribution in [3.8, 4) is 0 Å². The summed E-state index contributed by atoms with van der Waals surface area (Å²) in [6.07, 6.45) is 0.953. The molecule has 3 N–H and O–H groups in total. The number of amides is 1. The summed E-state index contributed by atoms with van der Waals surface area (Å²) in [6.45, 7) is 0.172. The van der Waals surface area contributed by atoms with Gasteiger partial charge in [0.15, 0.2) is 11.6 Å². The van der Waals surface area contributed by atoms with Crippen LogP contribution in [-0.2, 0) is 4.79 Å². The van der Waals surface area contributed by atoms with Crippen molar-refractivity contribution in [1.82, 2.24) is 4.98 Å². The summed E-state index contributed by atoms with van der Waals surface area (Å²) < 4.78 is 25.3. The predicted octanol–water partition coefficient (Wildman–Crippen LogP) is 0.647. The van der Waals surface area contributed by atoms with Crippen LogP contribution in [0.1, 0.15) is 6.42 Å². The Labute approximate surface area is 79.1 Å². The van der Waals surface area contributed by atoms with Crippen LogP contribution in [0, 0.1) is 11.6 Å². The third kappa shape index (κ3) is 2.96. The smallest absolute Gasteiger partial charge is 0.219 e. The maximum Gasteiger partial charge on any atom is 0.219 e. The molecule has 0 spiro atoms. The SMILES string of the molecule is NC(=O)CCNc1ncc(F)cc1F. The Morgan fingerprint density at radius 3 is 2.86 bits per heavy atom. The summed E-state index contributed by atoms with van der Waals surface area (Å²) in [5.41, 5.74) is 4.87. The van der Waals surface area contributed by atoms with E-state index >= 15 is 0 Å². The van der Waals surface area contributed by atoms with Crippen molar-refractivity contribution in [2.24, 2.45) is 5.73 Å². The molecule has 0 unspecified atom stereocenters. The number of anilines is 1. The normalized spacial score (nSPS) is 9.86. The van der Waals surface area contributed by atoms with Crippen LogP contribution in [0.3, 0.4) is 0 Å². The average molecular weight is 201 g/mol. The zero-order chi connectivity index (χ0) is 10.6. The number of halogens is 2. The quantitative estimate of drug-likeness (QED) is 0.751. The molecule has 0 aliphatic heterocycles. The van der Waals surface area contributed by atoms with Gasteiger partial charge in [-0.3, -0.25) is 4.79 Å². The molecule has 0 atom stereocenters. The van der Waals surface area contributed by atoms with E-state index in [1.165, 1.54) is 0 Å². The van der Waals surface area contributed by atoms with E-state index in [1.807, 2.05) is 0 Å². The standard InChI is InChI=1S/C8H9F2N3O/c9-5-3-6(10)8(13-4-5)12-2-1-7(11)14/h3-4H,1-2H2,(H2,11,14)(H,12,13). The molecule has 0 aliphatic carbocycles. The molecule has 0 radical (unpaired) electrons. The first-order chi connectivity index (χ1) is 6.59. The molecule has 1 heterocycles. The Kier molecular flexibility index (Phi) is 3.33. The monoisotopic (exact) mass is 201 g/mol. The van der Waals surface area contributed by atoms with Crippen molar-refractivity contribution in [2.75, 3.05) is 11.9 Å². The number of nitrogens with two attached hydrogens (primary N) is 1. The zero-order valence-electron chi connectivity index (χ0n) is 7.26. The largest absolute Gasteiger partial charge is 0.370 e. The molecule has 1 aromatic heterocycles. The minimum Gasteiger partial charge on any atom is -0.370 e. The highest BCUT2D eigenvalue weighted by Crippen LogP contribution is 2.10. The van der Waals surface area contributed by atoms with E-state index in [9.17, 15) is 13.6 Å². The maximum absolute atomic E-state index is 12.9. The molecule has 0 bridgehead atoms. The topological polar surface area (TPSA) is 68.0 Å². The molecular formula is C8H9F2N3O. The molecule has 0 saturated carbocycles.